The lowest BCUT2D eigenvalue weighted by Crippen LogP contribution is -1.86. The van der Waals surface area contributed by atoms with Crippen molar-refractivity contribution in [3.05, 3.63) is 97.1 Å². The Labute approximate surface area is 145 Å². The van der Waals surface area contributed by atoms with Gasteiger partial charge in [-0.05, 0) is 41.1 Å². The molecular formula is C22H16OS. The lowest BCUT2D eigenvalue weighted by molar-refractivity contribution is 0.471. The average Bonchev–Trinajstić information content (AvgIpc) is 2.64. The number of benzene rings is 4. The molecule has 0 N–H and O–H groups in total. The molecule has 0 bridgehead atoms. The largest absolute Gasteiger partial charge is 0.456 e. The lowest BCUT2D eigenvalue weighted by Gasteiger charge is -2.12. The molecule has 0 saturated carbocycles. The van der Waals surface area contributed by atoms with Crippen molar-refractivity contribution in [2.45, 2.75) is 9.79 Å². The van der Waals surface area contributed by atoms with Gasteiger partial charge in [0, 0.05) is 4.90 Å². The smallest absolute Gasteiger partial charge is 0.141 e. The predicted molar refractivity (Wildman–Crippen MR) is 101 cm³/mol. The van der Waals surface area contributed by atoms with Gasteiger partial charge in [-0.3, -0.25) is 0 Å². The summed E-state index contributed by atoms with van der Waals surface area (Å²) in [6.45, 7) is 0. The summed E-state index contributed by atoms with van der Waals surface area (Å²) in [5.74, 6) is 1.73. The van der Waals surface area contributed by atoms with E-state index in [1.165, 1.54) is 15.7 Å². The minimum Gasteiger partial charge on any atom is -0.456 e. The molecule has 0 amide bonds. The van der Waals surface area contributed by atoms with Gasteiger partial charge in [-0.15, -0.1) is 0 Å². The van der Waals surface area contributed by atoms with Gasteiger partial charge < -0.3 is 4.74 Å². The predicted octanol–water partition coefficient (Wildman–Crippen LogP) is 6.78. The van der Waals surface area contributed by atoms with Crippen LogP contribution in [0.2, 0.25) is 0 Å². The normalized spacial score (nSPS) is 10.7. The van der Waals surface area contributed by atoms with Gasteiger partial charge in [0.05, 0.1) is 4.90 Å². The molecular weight excluding hydrogens is 312 g/mol. The maximum Gasteiger partial charge on any atom is 0.141 e. The number of para-hydroxylation sites is 2. The second kappa shape index (κ2) is 6.81. The number of hydrogen-bond acceptors (Lipinski definition) is 2. The van der Waals surface area contributed by atoms with Crippen LogP contribution in [0.5, 0.6) is 11.5 Å². The van der Waals surface area contributed by atoms with Crippen molar-refractivity contribution >= 4 is 22.5 Å². The van der Waals surface area contributed by atoms with Crippen LogP contribution in [-0.4, -0.2) is 0 Å². The van der Waals surface area contributed by atoms with Gasteiger partial charge in [0.15, 0.2) is 0 Å². The molecule has 4 aromatic carbocycles. The zero-order valence-corrected chi connectivity index (χ0v) is 13.9. The minimum absolute atomic E-state index is 0.850. The molecule has 0 spiro atoms. The Kier molecular flexibility index (Phi) is 4.22. The molecule has 0 heterocycles. The molecule has 116 valence electrons. The summed E-state index contributed by atoms with van der Waals surface area (Å²) in [6.07, 6.45) is 0. The van der Waals surface area contributed by atoms with Crippen LogP contribution in [-0.2, 0) is 0 Å². The summed E-state index contributed by atoms with van der Waals surface area (Å²) in [5, 5.41) is 2.52. The van der Waals surface area contributed by atoms with Crippen molar-refractivity contribution in [1.29, 1.82) is 0 Å². The highest BCUT2D eigenvalue weighted by Crippen LogP contribution is 2.39. The van der Waals surface area contributed by atoms with Gasteiger partial charge in [0.25, 0.3) is 0 Å². The molecule has 4 aromatic rings. The molecule has 0 radical (unpaired) electrons. The van der Waals surface area contributed by atoms with E-state index in [4.69, 9.17) is 4.74 Å². The lowest BCUT2D eigenvalue weighted by atomic mass is 10.1. The Morgan fingerprint density at radius 3 is 2.12 bits per heavy atom. The molecule has 0 unspecified atom stereocenters. The Balaban J connectivity index is 1.70. The van der Waals surface area contributed by atoms with Gasteiger partial charge in [-0.2, -0.15) is 0 Å². The standard InChI is InChI=1S/C22H16OS/c1-2-11-18(12-3-1)23-20-14-6-7-15-22(20)24-21-16-8-10-17-9-4-5-13-19(17)21/h1-16H. The van der Waals surface area contributed by atoms with Crippen molar-refractivity contribution in [2.75, 3.05) is 0 Å². The SMILES string of the molecule is c1ccc(Oc2ccccc2Sc2cccc3ccccc23)cc1. The molecule has 0 saturated heterocycles. The van der Waals surface area contributed by atoms with Crippen molar-refractivity contribution in [3.8, 4) is 11.5 Å². The van der Waals surface area contributed by atoms with Gasteiger partial charge in [0.1, 0.15) is 11.5 Å². The van der Waals surface area contributed by atoms with Crippen LogP contribution in [0.15, 0.2) is 107 Å². The van der Waals surface area contributed by atoms with Crippen LogP contribution in [0.4, 0.5) is 0 Å². The number of hydrogen-bond donors (Lipinski definition) is 0. The summed E-state index contributed by atoms with van der Waals surface area (Å²) < 4.78 is 6.07. The highest BCUT2D eigenvalue weighted by molar-refractivity contribution is 7.99. The zero-order chi connectivity index (χ0) is 16.2. The van der Waals surface area contributed by atoms with Crippen LogP contribution in [0.25, 0.3) is 10.8 Å². The number of rotatable bonds is 4. The van der Waals surface area contributed by atoms with E-state index in [-0.39, 0.29) is 0 Å². The Morgan fingerprint density at radius 2 is 1.21 bits per heavy atom. The quantitative estimate of drug-likeness (QED) is 0.408. The van der Waals surface area contributed by atoms with Crippen molar-refractivity contribution in [2.24, 2.45) is 0 Å². The Bertz CT molecular complexity index is 958. The summed E-state index contributed by atoms with van der Waals surface area (Å²) in [5.41, 5.74) is 0. The van der Waals surface area contributed by atoms with E-state index in [1.54, 1.807) is 11.8 Å². The molecule has 4 rings (SSSR count). The molecule has 1 nitrogen and oxygen atoms in total. The van der Waals surface area contributed by atoms with Crippen LogP contribution in [0.3, 0.4) is 0 Å². The molecule has 0 aliphatic rings. The van der Waals surface area contributed by atoms with Crippen molar-refractivity contribution in [3.63, 3.8) is 0 Å². The third-order valence-electron chi connectivity index (χ3n) is 3.79. The van der Waals surface area contributed by atoms with E-state index in [9.17, 15) is 0 Å². The fraction of sp³-hybridized carbons (Fsp3) is 0. The zero-order valence-electron chi connectivity index (χ0n) is 13.1. The molecule has 2 heteroatoms. The second-order valence-electron chi connectivity index (χ2n) is 5.44. The number of fused-ring (bicyclic) bond motifs is 1. The average molecular weight is 328 g/mol. The Hall–Kier alpha value is -2.71. The van der Waals surface area contributed by atoms with Crippen molar-refractivity contribution in [1.82, 2.24) is 0 Å². The van der Waals surface area contributed by atoms with Gasteiger partial charge in [-0.1, -0.05) is 78.5 Å². The first-order valence-corrected chi connectivity index (χ1v) is 8.69. The summed E-state index contributed by atoms with van der Waals surface area (Å²) in [7, 11) is 0. The van der Waals surface area contributed by atoms with E-state index in [0.717, 1.165) is 16.4 Å². The molecule has 24 heavy (non-hydrogen) atoms. The fourth-order valence-corrected chi connectivity index (χ4v) is 3.67. The summed E-state index contributed by atoms with van der Waals surface area (Å²) in [6, 6.07) is 32.9. The van der Waals surface area contributed by atoms with Crippen LogP contribution < -0.4 is 4.74 Å². The van der Waals surface area contributed by atoms with Crippen molar-refractivity contribution < 1.29 is 4.74 Å². The molecule has 0 aromatic heterocycles. The Morgan fingerprint density at radius 1 is 0.542 bits per heavy atom. The minimum atomic E-state index is 0.850. The van der Waals surface area contributed by atoms with Crippen LogP contribution in [0.1, 0.15) is 0 Å². The van der Waals surface area contributed by atoms with Crippen LogP contribution >= 0.6 is 11.8 Å². The van der Waals surface area contributed by atoms with Gasteiger partial charge >= 0.3 is 0 Å². The van der Waals surface area contributed by atoms with E-state index in [2.05, 4.69) is 48.5 Å². The highest BCUT2D eigenvalue weighted by Gasteiger charge is 2.08. The van der Waals surface area contributed by atoms with E-state index in [1.807, 2.05) is 48.5 Å². The topological polar surface area (TPSA) is 9.23 Å². The fourth-order valence-electron chi connectivity index (χ4n) is 2.64. The second-order valence-corrected chi connectivity index (χ2v) is 6.52. The van der Waals surface area contributed by atoms with Crippen LogP contribution in [0, 0.1) is 0 Å². The monoisotopic (exact) mass is 328 g/mol. The molecule has 0 aliphatic heterocycles. The van der Waals surface area contributed by atoms with E-state index >= 15 is 0 Å². The maximum absolute atomic E-state index is 6.07. The molecule has 0 atom stereocenters. The maximum atomic E-state index is 6.07. The first-order chi connectivity index (χ1) is 11.9. The first-order valence-electron chi connectivity index (χ1n) is 7.88. The van der Waals surface area contributed by atoms with E-state index in [0.29, 0.717) is 0 Å². The third kappa shape index (κ3) is 3.15. The third-order valence-corrected chi connectivity index (χ3v) is 4.92. The van der Waals surface area contributed by atoms with Gasteiger partial charge in [0.2, 0.25) is 0 Å². The molecule has 0 fully saturated rings. The molecule has 0 aliphatic carbocycles. The van der Waals surface area contributed by atoms with E-state index < -0.39 is 0 Å². The first kappa shape index (κ1) is 14.9. The summed E-state index contributed by atoms with van der Waals surface area (Å²) >= 11 is 1.74. The number of ether oxygens (including phenoxy) is 1. The highest BCUT2D eigenvalue weighted by atomic mass is 32.2. The summed E-state index contributed by atoms with van der Waals surface area (Å²) in [4.78, 5) is 2.34. The van der Waals surface area contributed by atoms with Gasteiger partial charge in [-0.25, -0.2) is 0 Å².